The molecule has 0 saturated heterocycles. The van der Waals surface area contributed by atoms with Crippen LogP contribution < -0.4 is 7.39 Å². The lowest BCUT2D eigenvalue weighted by atomic mass is 10.3. The van der Waals surface area contributed by atoms with E-state index in [0.29, 0.717) is 0 Å². The molecule has 0 aromatic heterocycles. The first kappa shape index (κ1) is 9.68. The zero-order chi connectivity index (χ0) is 9.80. The molecule has 0 heterocycles. The fraction of sp³-hybridized carbons (Fsp3) is 0. The van der Waals surface area contributed by atoms with Crippen LogP contribution in [0.15, 0.2) is 54.6 Å². The van der Waals surface area contributed by atoms with Crippen molar-refractivity contribution in [2.24, 2.45) is 0 Å². The molecule has 0 aliphatic heterocycles. The number of hydrogen-bond donors (Lipinski definition) is 0. The zero-order valence-electron chi connectivity index (χ0n) is 7.78. The fourth-order valence-corrected chi connectivity index (χ4v) is 3.01. The van der Waals surface area contributed by atoms with Crippen molar-refractivity contribution in [3.05, 3.63) is 60.4 Å². The summed E-state index contributed by atoms with van der Waals surface area (Å²) in [6, 6.07) is 17.2. The van der Waals surface area contributed by atoms with Crippen molar-refractivity contribution in [3.63, 3.8) is 0 Å². The second-order valence-corrected chi connectivity index (χ2v) is 5.28. The van der Waals surface area contributed by atoms with Crippen molar-refractivity contribution in [3.8, 4) is 0 Å². The Bertz CT molecular complexity index is 412. The summed E-state index contributed by atoms with van der Waals surface area (Å²) in [5.41, 5.74) is 0. The van der Waals surface area contributed by atoms with Crippen LogP contribution in [0.1, 0.15) is 0 Å². The van der Waals surface area contributed by atoms with Gasteiger partial charge in [0.2, 0.25) is 0 Å². The lowest BCUT2D eigenvalue weighted by molar-refractivity contribution is 0.629. The number of halogens is 1. The van der Waals surface area contributed by atoms with E-state index >= 15 is 0 Å². The maximum absolute atomic E-state index is 12.9. The Balaban J connectivity index is 2.19. The summed E-state index contributed by atoms with van der Waals surface area (Å²) in [6.07, 6.45) is 0. The molecule has 0 aliphatic carbocycles. The summed E-state index contributed by atoms with van der Waals surface area (Å²) in [5.74, 6) is -0.133. The molecule has 0 spiro atoms. The van der Waals surface area contributed by atoms with Gasteiger partial charge < -0.3 is 0 Å². The molecule has 0 nitrogen and oxygen atoms in total. The first-order valence-corrected chi connectivity index (χ1v) is 6.04. The minimum atomic E-state index is -0.496. The Morgan fingerprint density at radius 1 is 0.786 bits per heavy atom. The van der Waals surface area contributed by atoms with Crippen LogP contribution in [-0.2, 0) is 0 Å². The van der Waals surface area contributed by atoms with Gasteiger partial charge in [-0.15, -0.1) is 0 Å². The molecule has 66 valence electrons. The quantitative estimate of drug-likeness (QED) is 0.639. The summed E-state index contributed by atoms with van der Waals surface area (Å²) in [7, 11) is 0. The Morgan fingerprint density at radius 2 is 1.50 bits per heavy atom. The highest BCUT2D eigenvalue weighted by atomic mass is 24.5. The number of benzene rings is 2. The van der Waals surface area contributed by atoms with Gasteiger partial charge in [0.25, 0.3) is 0 Å². The van der Waals surface area contributed by atoms with Gasteiger partial charge >= 0.3 is 20.4 Å². The molecule has 0 atom stereocenters. The van der Waals surface area contributed by atoms with E-state index < -0.39 is 20.4 Å². The molecule has 14 heavy (non-hydrogen) atoms. The molecular formula is C12H9FMg. The lowest BCUT2D eigenvalue weighted by Gasteiger charge is -1.99. The van der Waals surface area contributed by atoms with E-state index in [-0.39, 0.29) is 5.82 Å². The SMILES string of the molecule is Fc1ccc[c]([Mg][c]2ccccc2)c1. The summed E-state index contributed by atoms with van der Waals surface area (Å²) < 4.78 is 15.4. The van der Waals surface area contributed by atoms with Crippen molar-refractivity contribution >= 4 is 27.8 Å². The molecule has 0 fully saturated rings. The maximum atomic E-state index is 12.9. The molecule has 2 aromatic carbocycles. The van der Waals surface area contributed by atoms with Crippen molar-refractivity contribution in [1.82, 2.24) is 0 Å². The van der Waals surface area contributed by atoms with Crippen molar-refractivity contribution in [2.75, 3.05) is 0 Å². The van der Waals surface area contributed by atoms with Crippen LogP contribution in [0.3, 0.4) is 0 Å². The number of rotatable bonds is 2. The van der Waals surface area contributed by atoms with Gasteiger partial charge in [-0.3, -0.25) is 0 Å². The molecule has 0 amide bonds. The Kier molecular flexibility index (Phi) is 3.16. The van der Waals surface area contributed by atoms with Gasteiger partial charge in [-0.2, -0.15) is 7.39 Å². The Morgan fingerprint density at radius 3 is 2.21 bits per heavy atom. The van der Waals surface area contributed by atoms with Gasteiger partial charge in [0.15, 0.2) is 0 Å². The topological polar surface area (TPSA) is 0 Å². The van der Waals surface area contributed by atoms with E-state index in [1.54, 1.807) is 12.1 Å². The van der Waals surface area contributed by atoms with Gasteiger partial charge in [0, 0.05) is 0 Å². The van der Waals surface area contributed by atoms with Crippen LogP contribution in [0, 0.1) is 5.82 Å². The third kappa shape index (κ3) is 2.56. The van der Waals surface area contributed by atoms with E-state index in [0.717, 1.165) is 3.69 Å². The summed E-state index contributed by atoms with van der Waals surface area (Å²) >= 11 is -0.496. The van der Waals surface area contributed by atoms with E-state index in [2.05, 4.69) is 12.1 Å². The first-order chi connectivity index (χ1) is 6.84. The standard InChI is InChI=1S/C6H4F.C6H5.Mg/c7-6-4-2-1-3-5-6;1-2-4-6-5-3-1;/h1-2,4-5H;1-5H;. The van der Waals surface area contributed by atoms with Gasteiger partial charge in [-0.05, 0) is 6.07 Å². The second kappa shape index (κ2) is 4.58. The van der Waals surface area contributed by atoms with Crippen LogP contribution in [0.4, 0.5) is 4.39 Å². The third-order valence-corrected chi connectivity index (χ3v) is 3.87. The molecule has 0 bridgehead atoms. The zero-order valence-corrected chi connectivity index (χ0v) is 9.20. The van der Waals surface area contributed by atoms with Crippen LogP contribution in [0.25, 0.3) is 0 Å². The van der Waals surface area contributed by atoms with Crippen LogP contribution in [0.2, 0.25) is 0 Å². The third-order valence-electron chi connectivity index (χ3n) is 2.14. The Hall–Kier alpha value is -0.864. The predicted molar refractivity (Wildman–Crippen MR) is 57.9 cm³/mol. The molecule has 0 radical (unpaired) electrons. The van der Waals surface area contributed by atoms with E-state index in [1.165, 1.54) is 9.76 Å². The predicted octanol–water partition coefficient (Wildman–Crippen LogP) is 1.48. The normalized spacial score (nSPS) is 9.50. The summed E-state index contributed by atoms with van der Waals surface area (Å²) in [6.45, 7) is 0. The lowest BCUT2D eigenvalue weighted by Crippen LogP contribution is -2.26. The van der Waals surface area contributed by atoms with Gasteiger partial charge in [-0.1, -0.05) is 48.5 Å². The van der Waals surface area contributed by atoms with E-state index in [4.69, 9.17) is 0 Å². The van der Waals surface area contributed by atoms with Crippen LogP contribution >= 0.6 is 0 Å². The Labute approximate surface area is 92.5 Å². The van der Waals surface area contributed by atoms with Gasteiger partial charge in [0.05, 0.1) is 0 Å². The molecule has 2 rings (SSSR count). The van der Waals surface area contributed by atoms with Crippen LogP contribution in [0.5, 0.6) is 0 Å². The molecule has 0 saturated carbocycles. The van der Waals surface area contributed by atoms with E-state index in [1.807, 2.05) is 24.3 Å². The minimum absolute atomic E-state index is 0.133. The minimum Gasteiger partial charge on any atom is -0.207 e. The highest BCUT2D eigenvalue weighted by Gasteiger charge is 2.01. The van der Waals surface area contributed by atoms with Crippen LogP contribution in [-0.4, -0.2) is 20.4 Å². The largest absolute Gasteiger partial charge is 0.450 e. The van der Waals surface area contributed by atoms with E-state index in [9.17, 15) is 4.39 Å². The smallest absolute Gasteiger partial charge is 0.207 e. The average molecular weight is 197 g/mol. The monoisotopic (exact) mass is 196 g/mol. The van der Waals surface area contributed by atoms with Crippen molar-refractivity contribution < 1.29 is 4.39 Å². The fourth-order valence-electron chi connectivity index (χ4n) is 1.48. The molecule has 0 N–H and O–H groups in total. The van der Waals surface area contributed by atoms with Gasteiger partial charge in [-0.25, -0.2) is 4.39 Å². The molecule has 2 aromatic rings. The highest BCUT2D eigenvalue weighted by Crippen LogP contribution is 1.92. The van der Waals surface area contributed by atoms with Crippen molar-refractivity contribution in [2.45, 2.75) is 0 Å². The molecule has 2 heteroatoms. The molecular weight excluding hydrogens is 187 g/mol. The second-order valence-electron chi connectivity index (χ2n) is 3.29. The highest BCUT2D eigenvalue weighted by molar-refractivity contribution is 6.67. The van der Waals surface area contributed by atoms with Gasteiger partial charge in [0.1, 0.15) is 5.82 Å². The maximum Gasteiger partial charge on any atom is 0.450 e. The summed E-state index contributed by atoms with van der Waals surface area (Å²) in [4.78, 5) is 0. The van der Waals surface area contributed by atoms with Crippen molar-refractivity contribution in [1.29, 1.82) is 0 Å². The first-order valence-electron chi connectivity index (χ1n) is 4.63. The number of hydrogen-bond acceptors (Lipinski definition) is 0. The average Bonchev–Trinajstić information content (AvgIpc) is 2.19. The molecule has 0 aliphatic rings. The molecule has 0 unspecified atom stereocenters. The summed E-state index contributed by atoms with van der Waals surface area (Å²) in [5, 5.41) is 0.